The van der Waals surface area contributed by atoms with Crippen LogP contribution in [-0.2, 0) is 6.42 Å². The van der Waals surface area contributed by atoms with Gasteiger partial charge < -0.3 is 16.5 Å². The fourth-order valence-corrected chi connectivity index (χ4v) is 3.13. The van der Waals surface area contributed by atoms with Gasteiger partial charge in [-0.3, -0.25) is 4.79 Å². The summed E-state index contributed by atoms with van der Waals surface area (Å²) in [4.78, 5) is 17.3. The summed E-state index contributed by atoms with van der Waals surface area (Å²) in [7, 11) is 0. The predicted molar refractivity (Wildman–Crippen MR) is 106 cm³/mol. The zero-order chi connectivity index (χ0) is 19.7. The summed E-state index contributed by atoms with van der Waals surface area (Å²) in [5.41, 5.74) is 11.3. The second-order valence-corrected chi connectivity index (χ2v) is 6.94. The van der Waals surface area contributed by atoms with Crippen molar-refractivity contribution in [2.24, 2.45) is 5.92 Å². The summed E-state index contributed by atoms with van der Waals surface area (Å²) < 4.78 is 0. The molecule has 0 bridgehead atoms. The molecule has 2 aromatic rings. The SMILES string of the molecule is CCc1nc(C(=O)Nc2ccc(N)c(C(=N)C3CC3)c2)c(C)c(C)c1C#N. The van der Waals surface area contributed by atoms with Gasteiger partial charge in [-0.2, -0.15) is 5.26 Å². The lowest BCUT2D eigenvalue weighted by Crippen LogP contribution is -2.18. The highest BCUT2D eigenvalue weighted by Crippen LogP contribution is 2.34. The first kappa shape index (κ1) is 18.6. The molecule has 1 aliphatic carbocycles. The monoisotopic (exact) mass is 361 g/mol. The van der Waals surface area contributed by atoms with E-state index >= 15 is 0 Å². The van der Waals surface area contributed by atoms with Crippen molar-refractivity contribution >= 4 is 23.0 Å². The Morgan fingerprint density at radius 3 is 2.67 bits per heavy atom. The molecule has 0 unspecified atom stereocenters. The van der Waals surface area contributed by atoms with Gasteiger partial charge in [-0.25, -0.2) is 4.98 Å². The highest BCUT2D eigenvalue weighted by atomic mass is 16.1. The number of hydrogen-bond acceptors (Lipinski definition) is 5. The molecule has 0 atom stereocenters. The second kappa shape index (κ2) is 7.20. The van der Waals surface area contributed by atoms with E-state index in [9.17, 15) is 10.1 Å². The summed E-state index contributed by atoms with van der Waals surface area (Å²) in [6, 6.07) is 7.37. The molecule has 1 amide bonds. The van der Waals surface area contributed by atoms with Crippen LogP contribution in [0.3, 0.4) is 0 Å². The summed E-state index contributed by atoms with van der Waals surface area (Å²) in [6.07, 6.45) is 2.61. The maximum absolute atomic E-state index is 12.8. The number of amides is 1. The van der Waals surface area contributed by atoms with Crippen molar-refractivity contribution in [1.82, 2.24) is 4.98 Å². The van der Waals surface area contributed by atoms with Crippen LogP contribution in [0.5, 0.6) is 0 Å². The van der Waals surface area contributed by atoms with Crippen molar-refractivity contribution in [3.63, 3.8) is 0 Å². The summed E-state index contributed by atoms with van der Waals surface area (Å²) in [5.74, 6) is -0.0566. The molecule has 6 heteroatoms. The standard InChI is InChI=1S/C21H23N5O/c1-4-18-16(10-22)11(2)12(3)20(26-18)21(27)25-14-7-8-17(23)15(9-14)19(24)13-5-6-13/h7-9,13,24H,4-6,23H2,1-3H3,(H,25,27). The third-order valence-electron chi connectivity index (χ3n) is 5.08. The van der Waals surface area contributed by atoms with E-state index in [4.69, 9.17) is 11.1 Å². The number of carbonyl (C=O) groups is 1. The van der Waals surface area contributed by atoms with Crippen LogP contribution in [0.15, 0.2) is 18.2 Å². The van der Waals surface area contributed by atoms with Gasteiger partial charge in [0.2, 0.25) is 0 Å². The van der Waals surface area contributed by atoms with Crippen LogP contribution in [0, 0.1) is 36.5 Å². The normalized spacial score (nSPS) is 13.1. The molecule has 27 heavy (non-hydrogen) atoms. The first-order valence-corrected chi connectivity index (χ1v) is 9.07. The van der Waals surface area contributed by atoms with Crippen molar-refractivity contribution in [1.29, 1.82) is 10.7 Å². The maximum atomic E-state index is 12.8. The molecule has 1 aromatic heterocycles. The average Bonchev–Trinajstić information content (AvgIpc) is 3.49. The van der Waals surface area contributed by atoms with Gasteiger partial charge >= 0.3 is 0 Å². The van der Waals surface area contributed by atoms with Gasteiger partial charge in [0.1, 0.15) is 11.8 Å². The molecule has 1 saturated carbocycles. The Morgan fingerprint density at radius 2 is 2.07 bits per heavy atom. The first-order valence-electron chi connectivity index (χ1n) is 9.07. The Kier molecular flexibility index (Phi) is 4.95. The quantitative estimate of drug-likeness (QED) is 0.555. The Morgan fingerprint density at radius 1 is 1.37 bits per heavy atom. The van der Waals surface area contributed by atoms with Gasteiger partial charge in [-0.05, 0) is 62.4 Å². The maximum Gasteiger partial charge on any atom is 0.274 e. The van der Waals surface area contributed by atoms with E-state index in [1.807, 2.05) is 13.8 Å². The number of anilines is 2. The molecule has 138 valence electrons. The first-order chi connectivity index (χ1) is 12.9. The minimum Gasteiger partial charge on any atom is -0.398 e. The zero-order valence-corrected chi connectivity index (χ0v) is 15.8. The Bertz CT molecular complexity index is 983. The Labute approximate surface area is 158 Å². The largest absolute Gasteiger partial charge is 0.398 e. The fraction of sp³-hybridized carbons (Fsp3) is 0.333. The Hall–Kier alpha value is -3.20. The van der Waals surface area contributed by atoms with Crippen LogP contribution >= 0.6 is 0 Å². The number of nitrogen functional groups attached to an aromatic ring is 1. The number of nitrogens with two attached hydrogens (primary N) is 1. The highest BCUT2D eigenvalue weighted by Gasteiger charge is 2.28. The van der Waals surface area contributed by atoms with Crippen LogP contribution < -0.4 is 11.1 Å². The van der Waals surface area contributed by atoms with E-state index in [1.54, 1.807) is 25.1 Å². The molecule has 6 nitrogen and oxygen atoms in total. The number of nitrogens with zero attached hydrogens (tertiary/aromatic N) is 2. The number of carbonyl (C=O) groups excluding carboxylic acids is 1. The van der Waals surface area contributed by atoms with Crippen molar-refractivity contribution in [3.8, 4) is 6.07 Å². The number of nitrogens with one attached hydrogen (secondary N) is 2. The van der Waals surface area contributed by atoms with E-state index in [0.29, 0.717) is 51.6 Å². The summed E-state index contributed by atoms with van der Waals surface area (Å²) >= 11 is 0. The van der Waals surface area contributed by atoms with Gasteiger partial charge in [0, 0.05) is 28.6 Å². The zero-order valence-electron chi connectivity index (χ0n) is 15.8. The average molecular weight is 361 g/mol. The highest BCUT2D eigenvalue weighted by molar-refractivity contribution is 6.08. The van der Waals surface area contributed by atoms with E-state index in [0.717, 1.165) is 18.4 Å². The molecule has 0 radical (unpaired) electrons. The number of benzene rings is 1. The topological polar surface area (TPSA) is 116 Å². The molecule has 1 fully saturated rings. The van der Waals surface area contributed by atoms with E-state index in [2.05, 4.69) is 16.4 Å². The lowest BCUT2D eigenvalue weighted by Gasteiger charge is -2.14. The van der Waals surface area contributed by atoms with Gasteiger partial charge in [-0.15, -0.1) is 0 Å². The Balaban J connectivity index is 1.92. The third kappa shape index (κ3) is 3.54. The van der Waals surface area contributed by atoms with Crippen LogP contribution in [-0.4, -0.2) is 16.6 Å². The van der Waals surface area contributed by atoms with Gasteiger partial charge in [0.15, 0.2) is 0 Å². The molecular weight excluding hydrogens is 338 g/mol. The minimum absolute atomic E-state index is 0.274. The number of aryl methyl sites for hydroxylation is 1. The number of rotatable bonds is 5. The number of aromatic nitrogens is 1. The molecule has 0 saturated heterocycles. The molecule has 3 rings (SSSR count). The van der Waals surface area contributed by atoms with Crippen molar-refractivity contribution < 1.29 is 4.79 Å². The number of nitriles is 1. The van der Waals surface area contributed by atoms with Crippen molar-refractivity contribution in [2.45, 2.75) is 40.0 Å². The molecular formula is C21H23N5O. The van der Waals surface area contributed by atoms with Gasteiger partial charge in [-0.1, -0.05) is 6.92 Å². The van der Waals surface area contributed by atoms with E-state index in [-0.39, 0.29) is 11.8 Å². The third-order valence-corrected chi connectivity index (χ3v) is 5.08. The van der Waals surface area contributed by atoms with Crippen LogP contribution in [0.2, 0.25) is 0 Å². The summed E-state index contributed by atoms with van der Waals surface area (Å²) in [6.45, 7) is 5.55. The summed E-state index contributed by atoms with van der Waals surface area (Å²) in [5, 5.41) is 20.5. The molecule has 1 aliphatic rings. The van der Waals surface area contributed by atoms with Gasteiger partial charge in [0.25, 0.3) is 5.91 Å². The van der Waals surface area contributed by atoms with Crippen molar-refractivity contribution in [3.05, 3.63) is 51.8 Å². The minimum atomic E-state index is -0.330. The molecule has 1 aromatic carbocycles. The van der Waals surface area contributed by atoms with E-state index in [1.165, 1.54) is 0 Å². The lowest BCUT2D eigenvalue weighted by atomic mass is 9.99. The van der Waals surface area contributed by atoms with Crippen LogP contribution in [0.1, 0.15) is 58.2 Å². The smallest absolute Gasteiger partial charge is 0.274 e. The lowest BCUT2D eigenvalue weighted by molar-refractivity contribution is 0.102. The molecule has 0 spiro atoms. The molecule has 0 aliphatic heterocycles. The molecule has 4 N–H and O–H groups in total. The van der Waals surface area contributed by atoms with Crippen LogP contribution in [0.4, 0.5) is 11.4 Å². The van der Waals surface area contributed by atoms with Crippen molar-refractivity contribution in [2.75, 3.05) is 11.1 Å². The second-order valence-electron chi connectivity index (χ2n) is 6.94. The fourth-order valence-electron chi connectivity index (χ4n) is 3.13. The number of pyridine rings is 1. The predicted octanol–water partition coefficient (Wildman–Crippen LogP) is 3.74. The van der Waals surface area contributed by atoms with E-state index < -0.39 is 0 Å². The molecule has 1 heterocycles. The van der Waals surface area contributed by atoms with Gasteiger partial charge in [0.05, 0.1) is 11.3 Å². The van der Waals surface area contributed by atoms with Crippen LogP contribution in [0.25, 0.3) is 0 Å². The number of hydrogen-bond donors (Lipinski definition) is 3.